The van der Waals surface area contributed by atoms with Gasteiger partial charge < -0.3 is 0 Å². The van der Waals surface area contributed by atoms with Crippen LogP contribution in [0.15, 0.2) is 18.3 Å². The van der Waals surface area contributed by atoms with Crippen LogP contribution in [0.25, 0.3) is 0 Å². The van der Waals surface area contributed by atoms with Gasteiger partial charge in [-0.1, -0.05) is 0 Å². The highest BCUT2D eigenvalue weighted by Crippen LogP contribution is 2.22. The van der Waals surface area contributed by atoms with E-state index in [0.717, 1.165) is 0 Å². The molecule has 0 aliphatic carbocycles. The molecule has 0 fully saturated rings. The van der Waals surface area contributed by atoms with Crippen LogP contribution in [-0.2, 0) is 0 Å². The summed E-state index contributed by atoms with van der Waals surface area (Å²) in [6, 6.07) is 2.91. The first-order chi connectivity index (χ1) is 6.88. The molecule has 0 atom stereocenters. The van der Waals surface area contributed by atoms with Crippen molar-refractivity contribution in [3.05, 3.63) is 29.6 Å². The van der Waals surface area contributed by atoms with Crippen molar-refractivity contribution in [2.24, 2.45) is 0 Å². The number of carbonyl (C=O) groups is 1. The minimum absolute atomic E-state index is 0.284. The van der Waals surface area contributed by atoms with Crippen LogP contribution in [0.2, 0.25) is 0 Å². The summed E-state index contributed by atoms with van der Waals surface area (Å²) in [5, 5.41) is 0. The zero-order valence-electron chi connectivity index (χ0n) is 8.14. The van der Waals surface area contributed by atoms with Crippen molar-refractivity contribution in [1.29, 1.82) is 0 Å². The molecule has 1 aromatic heterocycles. The van der Waals surface area contributed by atoms with Crippen LogP contribution >= 0.6 is 0 Å². The number of Topliss-reactive ketones (excluding diaryl/α,β-unsaturated/α-hetero) is 1. The van der Waals surface area contributed by atoms with Crippen LogP contribution in [0.5, 0.6) is 0 Å². The Morgan fingerprint density at radius 3 is 2.67 bits per heavy atom. The monoisotopic (exact) mass is 217 g/mol. The molecular formula is C10H10F3NO. The molecule has 15 heavy (non-hydrogen) atoms. The Balaban J connectivity index is 2.62. The lowest BCUT2D eigenvalue weighted by molar-refractivity contribution is -0.133. The largest absolute Gasteiger partial charge is 0.389 e. The van der Waals surface area contributed by atoms with Crippen molar-refractivity contribution in [1.82, 2.24) is 4.98 Å². The van der Waals surface area contributed by atoms with Crippen molar-refractivity contribution in [2.45, 2.75) is 25.9 Å². The maximum atomic E-state index is 11.8. The summed E-state index contributed by atoms with van der Waals surface area (Å²) in [6.07, 6.45) is -4.45. The highest BCUT2D eigenvalue weighted by atomic mass is 19.4. The van der Waals surface area contributed by atoms with Gasteiger partial charge in [-0.05, 0) is 19.1 Å². The van der Waals surface area contributed by atoms with E-state index in [1.165, 1.54) is 18.3 Å². The van der Waals surface area contributed by atoms with Gasteiger partial charge in [-0.15, -0.1) is 0 Å². The topological polar surface area (TPSA) is 30.0 Å². The first kappa shape index (κ1) is 11.7. The third kappa shape index (κ3) is 4.10. The highest BCUT2D eigenvalue weighted by Gasteiger charge is 2.28. The summed E-state index contributed by atoms with van der Waals surface area (Å²) in [7, 11) is 0. The molecule has 0 saturated carbocycles. The van der Waals surface area contributed by atoms with Gasteiger partial charge in [-0.3, -0.25) is 9.78 Å². The fourth-order valence-electron chi connectivity index (χ4n) is 1.12. The number of alkyl halides is 3. The van der Waals surface area contributed by atoms with Crippen LogP contribution < -0.4 is 0 Å². The molecular weight excluding hydrogens is 207 g/mol. The molecule has 0 bridgehead atoms. The maximum absolute atomic E-state index is 11.8. The lowest BCUT2D eigenvalue weighted by Crippen LogP contribution is -2.11. The van der Waals surface area contributed by atoms with E-state index in [-0.39, 0.29) is 5.56 Å². The number of hydrogen-bond acceptors (Lipinski definition) is 2. The predicted molar refractivity (Wildman–Crippen MR) is 48.6 cm³/mol. The Morgan fingerprint density at radius 2 is 2.13 bits per heavy atom. The molecule has 0 aliphatic heterocycles. The van der Waals surface area contributed by atoms with Gasteiger partial charge in [0, 0.05) is 23.9 Å². The fourth-order valence-corrected chi connectivity index (χ4v) is 1.12. The molecule has 0 radical (unpaired) electrons. The number of rotatable bonds is 3. The Labute approximate surface area is 85.1 Å². The molecule has 0 spiro atoms. The molecule has 0 unspecified atom stereocenters. The third-order valence-corrected chi connectivity index (χ3v) is 1.85. The molecule has 0 aliphatic rings. The minimum Gasteiger partial charge on any atom is -0.294 e. The number of carbonyl (C=O) groups excluding carboxylic acids is 1. The number of nitrogens with zero attached hydrogens (tertiary/aromatic N) is 1. The molecule has 0 N–H and O–H groups in total. The first-order valence-electron chi connectivity index (χ1n) is 4.41. The zero-order chi connectivity index (χ0) is 11.5. The molecule has 0 aromatic carbocycles. The average Bonchev–Trinajstić information content (AvgIpc) is 2.13. The number of halogens is 3. The smallest absolute Gasteiger partial charge is 0.294 e. The number of hydrogen-bond donors (Lipinski definition) is 0. The molecule has 1 heterocycles. The lowest BCUT2D eigenvalue weighted by Gasteiger charge is -2.05. The average molecular weight is 217 g/mol. The van der Waals surface area contributed by atoms with Crippen LogP contribution in [-0.4, -0.2) is 16.9 Å². The highest BCUT2D eigenvalue weighted by molar-refractivity contribution is 5.96. The van der Waals surface area contributed by atoms with E-state index < -0.39 is 24.8 Å². The Bertz CT molecular complexity index is 360. The molecule has 82 valence electrons. The molecule has 1 aromatic rings. The second-order valence-electron chi connectivity index (χ2n) is 3.22. The summed E-state index contributed by atoms with van der Waals surface area (Å²) in [4.78, 5) is 15.2. The van der Waals surface area contributed by atoms with Crippen molar-refractivity contribution >= 4 is 5.78 Å². The SMILES string of the molecule is Cc1cc(C(=O)CCC(F)(F)F)ccn1. The van der Waals surface area contributed by atoms with E-state index in [1.54, 1.807) is 6.92 Å². The van der Waals surface area contributed by atoms with Crippen LogP contribution in [0.4, 0.5) is 13.2 Å². The molecule has 1 rings (SSSR count). The van der Waals surface area contributed by atoms with E-state index in [1.807, 2.05) is 0 Å². The molecule has 0 saturated heterocycles. The van der Waals surface area contributed by atoms with Gasteiger partial charge in [0.25, 0.3) is 0 Å². The van der Waals surface area contributed by atoms with Crippen LogP contribution in [0.1, 0.15) is 28.9 Å². The van der Waals surface area contributed by atoms with E-state index >= 15 is 0 Å². The van der Waals surface area contributed by atoms with Crippen molar-refractivity contribution < 1.29 is 18.0 Å². The molecule has 0 amide bonds. The van der Waals surface area contributed by atoms with Gasteiger partial charge in [-0.25, -0.2) is 0 Å². The van der Waals surface area contributed by atoms with E-state index in [9.17, 15) is 18.0 Å². The fraction of sp³-hybridized carbons (Fsp3) is 0.400. The Morgan fingerprint density at radius 1 is 1.47 bits per heavy atom. The van der Waals surface area contributed by atoms with Gasteiger partial charge in [0.1, 0.15) is 0 Å². The Kier molecular flexibility index (Phi) is 3.44. The Hall–Kier alpha value is -1.39. The maximum Gasteiger partial charge on any atom is 0.389 e. The normalized spacial score (nSPS) is 11.5. The quantitative estimate of drug-likeness (QED) is 0.728. The number of aryl methyl sites for hydroxylation is 1. The van der Waals surface area contributed by atoms with Gasteiger partial charge in [0.15, 0.2) is 5.78 Å². The van der Waals surface area contributed by atoms with Gasteiger partial charge in [0.05, 0.1) is 6.42 Å². The number of ketones is 1. The van der Waals surface area contributed by atoms with Gasteiger partial charge in [0.2, 0.25) is 0 Å². The number of pyridine rings is 1. The van der Waals surface area contributed by atoms with Gasteiger partial charge in [-0.2, -0.15) is 13.2 Å². The first-order valence-corrected chi connectivity index (χ1v) is 4.41. The van der Waals surface area contributed by atoms with E-state index in [2.05, 4.69) is 4.98 Å². The van der Waals surface area contributed by atoms with Crippen molar-refractivity contribution in [2.75, 3.05) is 0 Å². The summed E-state index contributed by atoms with van der Waals surface area (Å²) < 4.78 is 35.5. The third-order valence-electron chi connectivity index (χ3n) is 1.85. The summed E-state index contributed by atoms with van der Waals surface area (Å²) in [6.45, 7) is 1.68. The van der Waals surface area contributed by atoms with Crippen molar-refractivity contribution in [3.63, 3.8) is 0 Å². The minimum atomic E-state index is -4.28. The zero-order valence-corrected chi connectivity index (χ0v) is 8.14. The lowest BCUT2D eigenvalue weighted by atomic mass is 10.1. The second-order valence-corrected chi connectivity index (χ2v) is 3.22. The van der Waals surface area contributed by atoms with Crippen LogP contribution in [0, 0.1) is 6.92 Å². The van der Waals surface area contributed by atoms with E-state index in [0.29, 0.717) is 5.69 Å². The van der Waals surface area contributed by atoms with Gasteiger partial charge >= 0.3 is 6.18 Å². The second kappa shape index (κ2) is 4.42. The molecule has 5 heteroatoms. The summed E-state index contributed by atoms with van der Waals surface area (Å²) in [5.74, 6) is -0.502. The standard InChI is InChI=1S/C10H10F3NO/c1-7-6-8(3-5-14-7)9(15)2-4-10(11,12)13/h3,5-6H,2,4H2,1H3. The predicted octanol–water partition coefficient (Wildman–Crippen LogP) is 2.92. The summed E-state index contributed by atoms with van der Waals surface area (Å²) >= 11 is 0. The van der Waals surface area contributed by atoms with Crippen LogP contribution in [0.3, 0.4) is 0 Å². The summed E-state index contributed by atoms with van der Waals surface area (Å²) in [5.41, 5.74) is 0.902. The number of aromatic nitrogens is 1. The van der Waals surface area contributed by atoms with Crippen molar-refractivity contribution in [3.8, 4) is 0 Å². The molecule has 2 nitrogen and oxygen atoms in total. The van der Waals surface area contributed by atoms with E-state index in [4.69, 9.17) is 0 Å².